The van der Waals surface area contributed by atoms with Crippen molar-refractivity contribution in [1.82, 2.24) is 0 Å². The molecule has 3 rings (SSSR count). The third kappa shape index (κ3) is 2.52. The molecule has 1 aliphatic rings. The predicted octanol–water partition coefficient (Wildman–Crippen LogP) is 4.52. The van der Waals surface area contributed by atoms with Gasteiger partial charge in [-0.05, 0) is 64.4 Å². The van der Waals surface area contributed by atoms with Gasteiger partial charge in [0.15, 0.2) is 0 Å². The zero-order valence-corrected chi connectivity index (χ0v) is 12.8. The first-order valence-corrected chi connectivity index (χ1v) is 7.77. The van der Waals surface area contributed by atoms with E-state index in [4.69, 9.17) is 5.73 Å². The van der Waals surface area contributed by atoms with Crippen molar-refractivity contribution in [3.8, 4) is 0 Å². The SMILES string of the molecule is NC(c1ccc2c(c1)CCCC2)c1cccc(Br)c1F. The summed E-state index contributed by atoms with van der Waals surface area (Å²) in [4.78, 5) is 0. The highest BCUT2D eigenvalue weighted by molar-refractivity contribution is 9.10. The molecule has 0 aliphatic heterocycles. The van der Waals surface area contributed by atoms with Crippen LogP contribution in [0, 0.1) is 5.82 Å². The third-order valence-electron chi connectivity index (χ3n) is 4.05. The van der Waals surface area contributed by atoms with Crippen LogP contribution in [0.5, 0.6) is 0 Å². The number of rotatable bonds is 2. The molecule has 0 saturated carbocycles. The van der Waals surface area contributed by atoms with Gasteiger partial charge >= 0.3 is 0 Å². The minimum atomic E-state index is -0.417. The van der Waals surface area contributed by atoms with Gasteiger partial charge in [0.05, 0.1) is 10.5 Å². The summed E-state index contributed by atoms with van der Waals surface area (Å²) in [5.41, 5.74) is 10.6. The van der Waals surface area contributed by atoms with Crippen LogP contribution in [0.4, 0.5) is 4.39 Å². The van der Waals surface area contributed by atoms with E-state index in [2.05, 4.69) is 28.1 Å². The van der Waals surface area contributed by atoms with Gasteiger partial charge < -0.3 is 5.73 Å². The second-order valence-electron chi connectivity index (χ2n) is 5.36. The van der Waals surface area contributed by atoms with Crippen LogP contribution >= 0.6 is 15.9 Å². The highest BCUT2D eigenvalue weighted by atomic mass is 79.9. The largest absolute Gasteiger partial charge is 0.320 e. The molecule has 0 fully saturated rings. The van der Waals surface area contributed by atoms with Crippen molar-refractivity contribution in [3.05, 3.63) is 68.9 Å². The maximum atomic E-state index is 14.1. The first-order chi connectivity index (χ1) is 9.66. The maximum Gasteiger partial charge on any atom is 0.142 e. The van der Waals surface area contributed by atoms with E-state index in [9.17, 15) is 4.39 Å². The average molecular weight is 334 g/mol. The van der Waals surface area contributed by atoms with E-state index < -0.39 is 6.04 Å². The summed E-state index contributed by atoms with van der Waals surface area (Å²) in [6, 6.07) is 11.2. The Labute approximate surface area is 127 Å². The second-order valence-corrected chi connectivity index (χ2v) is 6.21. The summed E-state index contributed by atoms with van der Waals surface area (Å²) in [5.74, 6) is -0.266. The Morgan fingerprint density at radius 1 is 1.05 bits per heavy atom. The smallest absolute Gasteiger partial charge is 0.142 e. The molecule has 20 heavy (non-hydrogen) atoms. The van der Waals surface area contributed by atoms with E-state index >= 15 is 0 Å². The monoisotopic (exact) mass is 333 g/mol. The first kappa shape index (κ1) is 13.8. The van der Waals surface area contributed by atoms with Crippen LogP contribution in [-0.4, -0.2) is 0 Å². The van der Waals surface area contributed by atoms with E-state index in [0.717, 1.165) is 18.4 Å². The Morgan fingerprint density at radius 3 is 2.60 bits per heavy atom. The Morgan fingerprint density at radius 2 is 1.80 bits per heavy atom. The predicted molar refractivity (Wildman–Crippen MR) is 83.2 cm³/mol. The third-order valence-corrected chi connectivity index (χ3v) is 4.66. The van der Waals surface area contributed by atoms with Gasteiger partial charge in [-0.25, -0.2) is 4.39 Å². The molecular weight excluding hydrogens is 317 g/mol. The molecule has 0 saturated heterocycles. The molecule has 0 aromatic heterocycles. The highest BCUT2D eigenvalue weighted by Crippen LogP contribution is 2.29. The van der Waals surface area contributed by atoms with Crippen molar-refractivity contribution in [1.29, 1.82) is 0 Å². The van der Waals surface area contributed by atoms with Crippen LogP contribution in [0.15, 0.2) is 40.9 Å². The number of benzene rings is 2. The quantitative estimate of drug-likeness (QED) is 0.859. The van der Waals surface area contributed by atoms with Crippen LogP contribution in [0.1, 0.15) is 41.1 Å². The van der Waals surface area contributed by atoms with Gasteiger partial charge in [-0.2, -0.15) is 0 Å². The molecule has 0 spiro atoms. The number of halogens is 2. The topological polar surface area (TPSA) is 26.0 Å². The number of hydrogen-bond acceptors (Lipinski definition) is 1. The normalized spacial score (nSPS) is 15.8. The fraction of sp³-hybridized carbons (Fsp3) is 0.294. The lowest BCUT2D eigenvalue weighted by molar-refractivity contribution is 0.593. The molecule has 1 aliphatic carbocycles. The van der Waals surface area contributed by atoms with Crippen molar-refractivity contribution >= 4 is 15.9 Å². The molecule has 3 heteroatoms. The molecule has 1 atom stereocenters. The molecule has 1 nitrogen and oxygen atoms in total. The fourth-order valence-corrected chi connectivity index (χ4v) is 3.27. The minimum Gasteiger partial charge on any atom is -0.320 e. The van der Waals surface area contributed by atoms with Crippen molar-refractivity contribution in [2.75, 3.05) is 0 Å². The molecule has 0 radical (unpaired) electrons. The Bertz CT molecular complexity index is 639. The Hall–Kier alpha value is -1.19. The molecule has 0 bridgehead atoms. The Kier molecular flexibility index (Phi) is 3.90. The summed E-state index contributed by atoms with van der Waals surface area (Å²) in [6.45, 7) is 0. The summed E-state index contributed by atoms with van der Waals surface area (Å²) in [6.07, 6.45) is 4.75. The molecule has 104 valence electrons. The molecule has 2 aromatic rings. The van der Waals surface area contributed by atoms with Crippen LogP contribution in [-0.2, 0) is 12.8 Å². The first-order valence-electron chi connectivity index (χ1n) is 6.98. The van der Waals surface area contributed by atoms with E-state index in [1.54, 1.807) is 12.1 Å². The summed E-state index contributed by atoms with van der Waals surface area (Å²) in [7, 11) is 0. The maximum absolute atomic E-state index is 14.1. The van der Waals surface area contributed by atoms with Crippen molar-refractivity contribution in [3.63, 3.8) is 0 Å². The zero-order chi connectivity index (χ0) is 14.1. The van der Waals surface area contributed by atoms with Crippen molar-refractivity contribution in [2.45, 2.75) is 31.7 Å². The number of hydrogen-bond donors (Lipinski definition) is 1. The van der Waals surface area contributed by atoms with Crippen LogP contribution < -0.4 is 5.73 Å². The lowest BCUT2D eigenvalue weighted by Gasteiger charge is -2.20. The molecule has 0 heterocycles. The van der Waals surface area contributed by atoms with Crippen LogP contribution in [0.3, 0.4) is 0 Å². The van der Waals surface area contributed by atoms with Gasteiger partial charge in [-0.3, -0.25) is 0 Å². The van der Waals surface area contributed by atoms with Crippen molar-refractivity contribution in [2.24, 2.45) is 5.73 Å². The van der Waals surface area contributed by atoms with E-state index in [1.807, 2.05) is 12.1 Å². The van der Waals surface area contributed by atoms with Gasteiger partial charge in [-0.15, -0.1) is 0 Å². The minimum absolute atomic E-state index is 0.266. The molecule has 0 amide bonds. The van der Waals surface area contributed by atoms with Gasteiger partial charge in [0.1, 0.15) is 5.82 Å². The summed E-state index contributed by atoms with van der Waals surface area (Å²) in [5, 5.41) is 0. The number of fused-ring (bicyclic) bond motifs is 1. The van der Waals surface area contributed by atoms with Gasteiger partial charge in [0, 0.05) is 5.56 Å². The summed E-state index contributed by atoms with van der Waals surface area (Å²) >= 11 is 3.22. The summed E-state index contributed by atoms with van der Waals surface area (Å²) < 4.78 is 14.6. The molecule has 2 N–H and O–H groups in total. The lowest BCUT2D eigenvalue weighted by atomic mass is 9.88. The highest BCUT2D eigenvalue weighted by Gasteiger charge is 2.17. The van der Waals surface area contributed by atoms with Crippen LogP contribution in [0.2, 0.25) is 0 Å². The van der Waals surface area contributed by atoms with E-state index in [-0.39, 0.29) is 5.82 Å². The standard InChI is InChI=1S/C17H17BrFN/c18-15-7-3-6-14(16(15)19)17(20)13-9-8-11-4-1-2-5-12(11)10-13/h3,6-10,17H,1-2,4-5,20H2. The number of nitrogens with two attached hydrogens (primary N) is 1. The van der Waals surface area contributed by atoms with Gasteiger partial charge in [-0.1, -0.05) is 30.3 Å². The van der Waals surface area contributed by atoms with E-state index in [0.29, 0.717) is 10.0 Å². The Balaban J connectivity index is 1.98. The molecular formula is C17H17BrFN. The molecule has 2 aromatic carbocycles. The van der Waals surface area contributed by atoms with Crippen molar-refractivity contribution < 1.29 is 4.39 Å². The second kappa shape index (κ2) is 5.66. The average Bonchev–Trinajstić information content (AvgIpc) is 2.49. The van der Waals surface area contributed by atoms with Crippen LogP contribution in [0.25, 0.3) is 0 Å². The van der Waals surface area contributed by atoms with E-state index in [1.165, 1.54) is 24.0 Å². The molecule has 1 unspecified atom stereocenters. The fourth-order valence-electron chi connectivity index (χ4n) is 2.89. The lowest BCUT2D eigenvalue weighted by Crippen LogP contribution is -2.15. The van der Waals surface area contributed by atoms with Gasteiger partial charge in [0.2, 0.25) is 0 Å². The number of aryl methyl sites for hydroxylation is 2. The zero-order valence-electron chi connectivity index (χ0n) is 11.2. The van der Waals surface area contributed by atoms with Gasteiger partial charge in [0.25, 0.3) is 0 Å².